The molecule has 2 nitrogen and oxygen atoms in total. The fourth-order valence-corrected chi connectivity index (χ4v) is 6.44. The first-order valence-corrected chi connectivity index (χ1v) is 14.1. The van der Waals surface area contributed by atoms with Crippen LogP contribution in [-0.2, 0) is 6.42 Å². The van der Waals surface area contributed by atoms with Gasteiger partial charge in [-0.3, -0.25) is 0 Å². The lowest BCUT2D eigenvalue weighted by Crippen LogP contribution is -2.25. The molecule has 0 heterocycles. The number of esters is 1. The first-order chi connectivity index (χ1) is 16.7. The average Bonchev–Trinajstić information content (AvgIpc) is 2.89. The predicted octanol–water partition coefficient (Wildman–Crippen LogP) is 9.13. The Bertz CT molecular complexity index is 866. The van der Waals surface area contributed by atoms with E-state index >= 15 is 0 Å². The largest absolute Gasteiger partial charge is 0.423 e. The van der Waals surface area contributed by atoms with Crippen LogP contribution in [0.25, 0.3) is 0 Å². The molecule has 0 amide bonds. The molecule has 0 saturated heterocycles. The SMILES string of the molecule is CCCCc1ccc(C(=O)Oc2ccc(C3CCC(C4CCC(CCC)CC4)CC3)cc2)cc1. The molecule has 2 fully saturated rings. The number of carbonyl (C=O) groups is 1. The van der Waals surface area contributed by atoms with Gasteiger partial charge < -0.3 is 4.74 Å². The van der Waals surface area contributed by atoms with Crippen molar-refractivity contribution in [3.05, 3.63) is 65.2 Å². The number of hydrogen-bond acceptors (Lipinski definition) is 2. The van der Waals surface area contributed by atoms with Crippen molar-refractivity contribution >= 4 is 5.97 Å². The molecule has 0 aromatic heterocycles. The van der Waals surface area contributed by atoms with E-state index in [1.165, 1.54) is 88.2 Å². The third kappa shape index (κ3) is 6.74. The standard InChI is InChI=1S/C32H44O2/c1-3-5-7-25-10-14-30(15-11-25)32(33)34-31-22-20-29(21-23-31)28-18-16-27(17-19-28)26-12-8-24(6-4-2)9-13-26/h10-11,14-15,20-24,26-28H,3-9,12-13,16-19H2,1-2H3. The van der Waals surface area contributed by atoms with Crippen LogP contribution in [0.2, 0.25) is 0 Å². The van der Waals surface area contributed by atoms with Crippen LogP contribution in [0.5, 0.6) is 5.75 Å². The molecule has 2 saturated carbocycles. The number of ether oxygens (including phenoxy) is 1. The molecule has 184 valence electrons. The smallest absolute Gasteiger partial charge is 0.343 e. The Labute approximate surface area is 207 Å². The van der Waals surface area contributed by atoms with Crippen molar-refractivity contribution in [1.29, 1.82) is 0 Å². The molecule has 0 bridgehead atoms. The van der Waals surface area contributed by atoms with Crippen molar-refractivity contribution in [2.24, 2.45) is 17.8 Å². The van der Waals surface area contributed by atoms with E-state index in [9.17, 15) is 4.79 Å². The Kier molecular flexibility index (Phi) is 9.25. The summed E-state index contributed by atoms with van der Waals surface area (Å²) in [5.41, 5.74) is 3.30. The van der Waals surface area contributed by atoms with Crippen LogP contribution in [0, 0.1) is 17.8 Å². The maximum Gasteiger partial charge on any atom is 0.343 e. The molecule has 0 unspecified atom stereocenters. The van der Waals surface area contributed by atoms with Gasteiger partial charge in [0.15, 0.2) is 0 Å². The van der Waals surface area contributed by atoms with Crippen molar-refractivity contribution < 1.29 is 9.53 Å². The van der Waals surface area contributed by atoms with Crippen molar-refractivity contribution in [2.75, 3.05) is 0 Å². The van der Waals surface area contributed by atoms with Crippen LogP contribution in [0.3, 0.4) is 0 Å². The van der Waals surface area contributed by atoms with E-state index in [-0.39, 0.29) is 5.97 Å². The van der Waals surface area contributed by atoms with E-state index in [1.807, 2.05) is 36.4 Å². The highest BCUT2D eigenvalue weighted by Crippen LogP contribution is 2.44. The molecular weight excluding hydrogens is 416 g/mol. The van der Waals surface area contributed by atoms with Crippen LogP contribution in [-0.4, -0.2) is 5.97 Å². The van der Waals surface area contributed by atoms with E-state index < -0.39 is 0 Å². The van der Waals surface area contributed by atoms with E-state index in [2.05, 4.69) is 26.0 Å². The second-order valence-electron chi connectivity index (χ2n) is 10.9. The minimum atomic E-state index is -0.274. The Morgan fingerprint density at radius 3 is 1.97 bits per heavy atom. The summed E-state index contributed by atoms with van der Waals surface area (Å²) in [4.78, 5) is 12.5. The van der Waals surface area contributed by atoms with Gasteiger partial charge in [0.05, 0.1) is 5.56 Å². The van der Waals surface area contributed by atoms with E-state index in [0.29, 0.717) is 17.2 Å². The summed E-state index contributed by atoms with van der Waals surface area (Å²) in [6.45, 7) is 4.53. The monoisotopic (exact) mass is 460 g/mol. The van der Waals surface area contributed by atoms with Crippen molar-refractivity contribution in [3.8, 4) is 5.75 Å². The Morgan fingerprint density at radius 1 is 0.765 bits per heavy atom. The van der Waals surface area contributed by atoms with Crippen LogP contribution in [0.1, 0.15) is 118 Å². The zero-order valence-corrected chi connectivity index (χ0v) is 21.4. The number of aryl methyl sites for hydroxylation is 1. The highest BCUT2D eigenvalue weighted by Gasteiger charge is 2.31. The maximum atomic E-state index is 12.5. The topological polar surface area (TPSA) is 26.3 Å². The van der Waals surface area contributed by atoms with Crippen LogP contribution < -0.4 is 4.74 Å². The van der Waals surface area contributed by atoms with Crippen LogP contribution in [0.15, 0.2) is 48.5 Å². The third-order valence-electron chi connectivity index (χ3n) is 8.60. The summed E-state index contributed by atoms with van der Waals surface area (Å²) in [6, 6.07) is 16.2. The van der Waals surface area contributed by atoms with Crippen LogP contribution in [0.4, 0.5) is 0 Å². The van der Waals surface area contributed by atoms with Crippen LogP contribution >= 0.6 is 0 Å². The van der Waals surface area contributed by atoms with Crippen molar-refractivity contribution in [2.45, 2.75) is 103 Å². The molecule has 2 aromatic carbocycles. The molecule has 0 N–H and O–H groups in total. The molecule has 0 spiro atoms. The molecule has 34 heavy (non-hydrogen) atoms. The van der Waals surface area contributed by atoms with E-state index in [1.54, 1.807) is 0 Å². The van der Waals surface area contributed by atoms with Gasteiger partial charge in [-0.1, -0.05) is 70.2 Å². The summed E-state index contributed by atoms with van der Waals surface area (Å²) in [6.07, 6.45) is 17.5. The third-order valence-corrected chi connectivity index (χ3v) is 8.60. The number of benzene rings is 2. The molecule has 2 aliphatic rings. The first-order valence-electron chi connectivity index (χ1n) is 14.1. The number of hydrogen-bond donors (Lipinski definition) is 0. The first kappa shape index (κ1) is 25.0. The highest BCUT2D eigenvalue weighted by molar-refractivity contribution is 5.91. The Balaban J connectivity index is 1.24. The molecule has 0 radical (unpaired) electrons. The summed E-state index contributed by atoms with van der Waals surface area (Å²) in [5, 5.41) is 0. The number of carbonyl (C=O) groups excluding carboxylic acids is 1. The molecular formula is C32H44O2. The average molecular weight is 461 g/mol. The summed E-state index contributed by atoms with van der Waals surface area (Å²) < 4.78 is 5.65. The fraction of sp³-hybridized carbons (Fsp3) is 0.594. The zero-order valence-electron chi connectivity index (χ0n) is 21.4. The lowest BCUT2D eigenvalue weighted by atomic mass is 9.68. The predicted molar refractivity (Wildman–Crippen MR) is 142 cm³/mol. The van der Waals surface area contributed by atoms with Crippen molar-refractivity contribution in [3.63, 3.8) is 0 Å². The Hall–Kier alpha value is -2.09. The zero-order chi connectivity index (χ0) is 23.8. The minimum Gasteiger partial charge on any atom is -0.423 e. The molecule has 2 aromatic rings. The van der Waals surface area contributed by atoms with Gasteiger partial charge in [0.2, 0.25) is 0 Å². The van der Waals surface area contributed by atoms with Gasteiger partial charge >= 0.3 is 5.97 Å². The minimum absolute atomic E-state index is 0.274. The lowest BCUT2D eigenvalue weighted by molar-refractivity contribution is 0.0734. The highest BCUT2D eigenvalue weighted by atomic mass is 16.5. The Morgan fingerprint density at radius 2 is 1.38 bits per heavy atom. The van der Waals surface area contributed by atoms with Gasteiger partial charge in [-0.05, 0) is 110 Å². The summed E-state index contributed by atoms with van der Waals surface area (Å²) >= 11 is 0. The summed E-state index contributed by atoms with van der Waals surface area (Å²) in [7, 11) is 0. The number of rotatable bonds is 9. The molecule has 2 aliphatic carbocycles. The second-order valence-corrected chi connectivity index (χ2v) is 10.9. The molecule has 2 heteroatoms. The normalized spacial score (nSPS) is 25.1. The van der Waals surface area contributed by atoms with Gasteiger partial charge in [0, 0.05) is 0 Å². The molecule has 4 rings (SSSR count). The van der Waals surface area contributed by atoms with E-state index in [0.717, 1.165) is 24.2 Å². The van der Waals surface area contributed by atoms with Gasteiger partial charge in [-0.15, -0.1) is 0 Å². The fourth-order valence-electron chi connectivity index (χ4n) is 6.44. The molecule has 0 aliphatic heterocycles. The summed E-state index contributed by atoms with van der Waals surface area (Å²) in [5.74, 6) is 3.97. The van der Waals surface area contributed by atoms with E-state index in [4.69, 9.17) is 4.74 Å². The molecule has 0 atom stereocenters. The number of unbranched alkanes of at least 4 members (excludes halogenated alkanes) is 1. The lowest BCUT2D eigenvalue weighted by Gasteiger charge is -2.38. The van der Waals surface area contributed by atoms with Gasteiger partial charge in [-0.2, -0.15) is 0 Å². The van der Waals surface area contributed by atoms with Gasteiger partial charge in [0.1, 0.15) is 5.75 Å². The second kappa shape index (κ2) is 12.6. The maximum absolute atomic E-state index is 12.5. The van der Waals surface area contributed by atoms with Gasteiger partial charge in [-0.25, -0.2) is 4.79 Å². The van der Waals surface area contributed by atoms with Crippen molar-refractivity contribution in [1.82, 2.24) is 0 Å². The quantitative estimate of drug-likeness (QED) is 0.275. The van der Waals surface area contributed by atoms with Gasteiger partial charge in [0.25, 0.3) is 0 Å².